The highest BCUT2D eigenvalue weighted by Crippen LogP contribution is 2.50. The summed E-state index contributed by atoms with van der Waals surface area (Å²) in [4.78, 5) is 38.7. The number of hydrogen-bond acceptors (Lipinski definition) is 8. The third kappa shape index (κ3) is 7.04. The van der Waals surface area contributed by atoms with E-state index in [0.717, 1.165) is 11.1 Å². The summed E-state index contributed by atoms with van der Waals surface area (Å²) in [6.45, 7) is 5.77. The van der Waals surface area contributed by atoms with Gasteiger partial charge in [-0.3, -0.25) is 14.4 Å². The quantitative estimate of drug-likeness (QED) is 0.293. The van der Waals surface area contributed by atoms with E-state index in [0.29, 0.717) is 60.6 Å². The number of aliphatic hydroxyl groups excluding tert-OH is 1. The highest BCUT2D eigenvalue weighted by Gasteiger charge is 2.30. The lowest BCUT2D eigenvalue weighted by atomic mass is 9.95. The molecule has 0 spiro atoms. The van der Waals surface area contributed by atoms with Gasteiger partial charge in [0.15, 0.2) is 11.5 Å². The Hall–Kier alpha value is -3.79. The molecular formula is C30H41N3O7. The molecule has 2 aromatic rings. The van der Waals surface area contributed by atoms with E-state index in [1.54, 1.807) is 20.3 Å². The second-order valence-electron chi connectivity index (χ2n) is 10.3. The molecule has 0 aliphatic heterocycles. The number of carbonyl (C=O) groups is 2. The first-order chi connectivity index (χ1) is 19.1. The Balaban J connectivity index is 2.21. The molecule has 0 saturated heterocycles. The number of hydrogen-bond donors (Lipinski definition) is 4. The van der Waals surface area contributed by atoms with Crippen molar-refractivity contribution in [2.75, 3.05) is 39.8 Å². The zero-order valence-corrected chi connectivity index (χ0v) is 24.2. The van der Waals surface area contributed by atoms with Crippen LogP contribution in [0.3, 0.4) is 0 Å². The van der Waals surface area contributed by atoms with Crippen LogP contribution in [0.1, 0.15) is 57.2 Å². The van der Waals surface area contributed by atoms with Crippen LogP contribution < -0.4 is 35.6 Å². The predicted octanol–water partition coefficient (Wildman–Crippen LogP) is 3.19. The van der Waals surface area contributed by atoms with Crippen LogP contribution in [-0.4, -0.2) is 57.4 Å². The summed E-state index contributed by atoms with van der Waals surface area (Å²) in [6, 6.07) is 5.85. The summed E-state index contributed by atoms with van der Waals surface area (Å²) in [5.41, 5.74) is 2.99. The van der Waals surface area contributed by atoms with Gasteiger partial charge in [0.05, 0.1) is 33.1 Å². The number of amides is 2. The molecule has 1 aliphatic rings. The van der Waals surface area contributed by atoms with Crippen LogP contribution >= 0.6 is 0 Å². The van der Waals surface area contributed by atoms with Gasteiger partial charge in [-0.2, -0.15) is 0 Å². The molecule has 10 nitrogen and oxygen atoms in total. The first-order valence-corrected chi connectivity index (χ1v) is 13.6. The molecule has 0 heterocycles. The van der Waals surface area contributed by atoms with E-state index in [-0.39, 0.29) is 35.5 Å². The lowest BCUT2D eigenvalue weighted by Crippen LogP contribution is -2.41. The fourth-order valence-electron chi connectivity index (χ4n) is 5.13. The van der Waals surface area contributed by atoms with Crippen molar-refractivity contribution in [3.05, 3.63) is 45.6 Å². The molecule has 2 amide bonds. The number of aliphatic hydroxyl groups is 1. The van der Waals surface area contributed by atoms with Crippen LogP contribution in [0.15, 0.2) is 29.1 Å². The van der Waals surface area contributed by atoms with Gasteiger partial charge in [0, 0.05) is 25.6 Å². The maximum absolute atomic E-state index is 13.6. The largest absolute Gasteiger partial charge is 0.493 e. The first-order valence-electron chi connectivity index (χ1n) is 13.6. The molecular weight excluding hydrogens is 514 g/mol. The molecule has 1 aliphatic carbocycles. The Morgan fingerprint density at radius 2 is 1.80 bits per heavy atom. The molecule has 0 unspecified atom stereocenters. The van der Waals surface area contributed by atoms with Crippen LogP contribution in [0.5, 0.6) is 17.2 Å². The summed E-state index contributed by atoms with van der Waals surface area (Å²) in [5, 5.41) is 18.1. The molecule has 218 valence electrons. The third-order valence-electron chi connectivity index (χ3n) is 6.90. The minimum atomic E-state index is -0.647. The van der Waals surface area contributed by atoms with Crippen molar-refractivity contribution in [3.63, 3.8) is 0 Å². The number of methoxy groups -OCH3 is 3. The van der Waals surface area contributed by atoms with Crippen LogP contribution in [0, 0.1) is 5.92 Å². The number of nitrogens with one attached hydrogen (secondary N) is 3. The Kier molecular flexibility index (Phi) is 10.8. The van der Waals surface area contributed by atoms with Crippen molar-refractivity contribution in [2.45, 2.75) is 58.5 Å². The molecule has 0 bridgehead atoms. The summed E-state index contributed by atoms with van der Waals surface area (Å²) in [7, 11) is 4.64. The van der Waals surface area contributed by atoms with Gasteiger partial charge in [-0.15, -0.1) is 0 Å². The van der Waals surface area contributed by atoms with Crippen LogP contribution in [0.2, 0.25) is 0 Å². The topological polar surface area (TPSA) is 135 Å². The van der Waals surface area contributed by atoms with Crippen molar-refractivity contribution in [3.8, 4) is 28.4 Å². The van der Waals surface area contributed by atoms with Crippen molar-refractivity contribution < 1.29 is 28.9 Å². The number of fused-ring (bicyclic) bond motifs is 3. The van der Waals surface area contributed by atoms with Crippen molar-refractivity contribution in [2.24, 2.45) is 5.92 Å². The van der Waals surface area contributed by atoms with E-state index in [1.165, 1.54) is 20.1 Å². The fourth-order valence-corrected chi connectivity index (χ4v) is 5.13. The zero-order chi connectivity index (χ0) is 29.4. The molecule has 2 aromatic carbocycles. The molecule has 4 N–H and O–H groups in total. The van der Waals surface area contributed by atoms with Crippen LogP contribution in [0.4, 0.5) is 5.69 Å². The Morgan fingerprint density at radius 1 is 1.07 bits per heavy atom. The molecule has 40 heavy (non-hydrogen) atoms. The highest BCUT2D eigenvalue weighted by molar-refractivity contribution is 5.86. The standard InChI is InChI=1S/C30H41N3O7/c1-17(2)14-24(30(37)31-12-7-13-34)33-23-11-9-20-21(16-25(23)36)22(32-18(3)35)10-8-19-15-26(38-4)28(39-5)29(40-6)27(19)20/h9,11,15-17,22,24,34H,7-8,10,12-14H2,1-6H3,(H,31,37)(H,32,35)(H,33,36)/t22-,24-/m0/s1. The van der Waals surface area contributed by atoms with Gasteiger partial charge in [-0.1, -0.05) is 19.9 Å². The number of benzene rings is 1. The lowest BCUT2D eigenvalue weighted by molar-refractivity contribution is -0.122. The van der Waals surface area contributed by atoms with Gasteiger partial charge in [-0.05, 0) is 66.5 Å². The van der Waals surface area contributed by atoms with E-state index >= 15 is 0 Å². The fraction of sp³-hybridized carbons (Fsp3) is 0.500. The van der Waals surface area contributed by atoms with E-state index in [4.69, 9.17) is 19.3 Å². The third-order valence-corrected chi connectivity index (χ3v) is 6.90. The van der Waals surface area contributed by atoms with Gasteiger partial charge in [0.25, 0.3) is 0 Å². The monoisotopic (exact) mass is 555 g/mol. The van der Waals surface area contributed by atoms with E-state index in [1.807, 2.05) is 26.0 Å². The first kappa shape index (κ1) is 30.7. The smallest absolute Gasteiger partial charge is 0.242 e. The molecule has 10 heteroatoms. The maximum atomic E-state index is 13.6. The summed E-state index contributed by atoms with van der Waals surface area (Å²) < 4.78 is 17.0. The SMILES string of the molecule is COc1cc2c(c(OC)c1OC)-c1ccc(N[C@@H](CC(C)C)C(=O)NCCCO)c(=O)cc1[C@@H](NC(C)=O)CC2. The number of aryl methyl sites for hydroxylation is 1. The van der Waals surface area contributed by atoms with Crippen molar-refractivity contribution in [1.29, 1.82) is 0 Å². The molecule has 0 saturated carbocycles. The van der Waals surface area contributed by atoms with E-state index in [2.05, 4.69) is 16.0 Å². The van der Waals surface area contributed by atoms with Gasteiger partial charge in [0.2, 0.25) is 23.0 Å². The van der Waals surface area contributed by atoms with Gasteiger partial charge >= 0.3 is 0 Å². The summed E-state index contributed by atoms with van der Waals surface area (Å²) >= 11 is 0. The average Bonchev–Trinajstić information content (AvgIpc) is 3.15. The number of anilines is 1. The molecule has 3 rings (SSSR count). The molecule has 0 aromatic heterocycles. The molecule has 0 radical (unpaired) electrons. The Morgan fingerprint density at radius 3 is 2.40 bits per heavy atom. The van der Waals surface area contributed by atoms with Gasteiger partial charge < -0.3 is 35.3 Å². The lowest BCUT2D eigenvalue weighted by Gasteiger charge is -2.20. The Labute approximate surface area is 235 Å². The molecule has 2 atom stereocenters. The van der Waals surface area contributed by atoms with E-state index < -0.39 is 12.1 Å². The van der Waals surface area contributed by atoms with Crippen molar-refractivity contribution in [1.82, 2.24) is 10.6 Å². The highest BCUT2D eigenvalue weighted by atomic mass is 16.5. The number of ether oxygens (including phenoxy) is 3. The van der Waals surface area contributed by atoms with Crippen LogP contribution in [0.25, 0.3) is 11.1 Å². The van der Waals surface area contributed by atoms with Crippen molar-refractivity contribution >= 4 is 17.5 Å². The zero-order valence-electron chi connectivity index (χ0n) is 24.2. The second kappa shape index (κ2) is 14.0. The summed E-state index contributed by atoms with van der Waals surface area (Å²) in [5.74, 6) is 1.15. The predicted molar refractivity (Wildman–Crippen MR) is 154 cm³/mol. The summed E-state index contributed by atoms with van der Waals surface area (Å²) in [6.07, 6.45) is 2.09. The van der Waals surface area contributed by atoms with E-state index in [9.17, 15) is 14.4 Å². The normalized spacial score (nSPS) is 14.8. The second-order valence-corrected chi connectivity index (χ2v) is 10.3. The van der Waals surface area contributed by atoms with Crippen LogP contribution in [-0.2, 0) is 16.0 Å². The maximum Gasteiger partial charge on any atom is 0.242 e. The minimum absolute atomic E-state index is 0.0234. The molecule has 0 fully saturated rings. The number of carbonyl (C=O) groups excluding carboxylic acids is 2. The average molecular weight is 556 g/mol. The van der Waals surface area contributed by atoms with Gasteiger partial charge in [-0.25, -0.2) is 0 Å². The minimum Gasteiger partial charge on any atom is -0.493 e. The number of rotatable bonds is 12. The van der Waals surface area contributed by atoms with Gasteiger partial charge in [0.1, 0.15) is 6.04 Å². The Bertz CT molecular complexity index is 1280.